The Bertz CT molecular complexity index is 1960. The Balaban J connectivity index is 5.26. The maximum Gasteiger partial charge on any atom is 0.244 e. The van der Waals surface area contributed by atoms with Gasteiger partial charge in [-0.2, -0.15) is 10.2 Å². The molecule has 0 aromatic heterocycles. The molecule has 0 heterocycles. The van der Waals surface area contributed by atoms with Crippen molar-refractivity contribution >= 4 is 76.5 Å². The van der Waals surface area contributed by atoms with Crippen LogP contribution in [0.2, 0.25) is 0 Å². The second-order valence-electron chi connectivity index (χ2n) is 17.0. The van der Waals surface area contributed by atoms with Gasteiger partial charge in [0.1, 0.15) is 30.4 Å². The molecule has 0 aliphatic rings. The molecule has 6 atom stereocenters. The number of aliphatic hydroxyl groups is 1. The third-order valence-corrected chi connectivity index (χ3v) is 10.1. The van der Waals surface area contributed by atoms with E-state index < -0.39 is 134 Å². The molecule has 0 spiro atoms. The third-order valence-electron chi connectivity index (χ3n) is 10.1. The average Bonchev–Trinajstić information content (AvgIpc) is 3.35. The summed E-state index contributed by atoms with van der Waals surface area (Å²) in [5.41, 5.74) is 16.8. The zero-order chi connectivity index (χ0) is 58.1. The van der Waals surface area contributed by atoms with E-state index in [9.17, 15) is 68.1 Å². The number of nitrogens with two attached hydrogens (primary N) is 2. The molecule has 0 saturated carbocycles. The monoisotopic (exact) mass is 1100 g/mol. The van der Waals surface area contributed by atoms with Crippen molar-refractivity contribution < 1.29 is 87.0 Å². The Morgan fingerprint density at radius 2 is 0.961 bits per heavy atom. The van der Waals surface area contributed by atoms with Crippen LogP contribution in [0.3, 0.4) is 0 Å². The number of carbonyl (C=O) groups excluding carboxylic acids is 11. The number of hydrogen-bond acceptors (Lipinski definition) is 23. The van der Waals surface area contributed by atoms with E-state index in [1.54, 1.807) is 0 Å². The van der Waals surface area contributed by atoms with Gasteiger partial charge in [-0.3, -0.25) is 48.6 Å². The average molecular weight is 1100 g/mol. The van der Waals surface area contributed by atoms with Gasteiger partial charge in [0, 0.05) is 96.4 Å². The minimum absolute atomic E-state index is 0.0212. The fourth-order valence-electron chi connectivity index (χ4n) is 6.11. The summed E-state index contributed by atoms with van der Waals surface area (Å²) >= 11 is 0. The molecule has 77 heavy (non-hydrogen) atoms. The quantitative estimate of drug-likeness (QED) is 0.0117. The number of carboxylic acids is 2. The first-order chi connectivity index (χ1) is 36.5. The summed E-state index contributed by atoms with van der Waals surface area (Å²) in [4.78, 5) is 138. The lowest BCUT2D eigenvalue weighted by atomic mass is 10.1. The van der Waals surface area contributed by atoms with Crippen molar-refractivity contribution in [3.05, 3.63) is 0 Å². The van der Waals surface area contributed by atoms with Gasteiger partial charge in [-0.25, -0.2) is 5.43 Å². The Labute approximate surface area is 445 Å². The molecule has 438 valence electrons. The number of carbonyl (C=O) groups is 11. The first kappa shape index (κ1) is 70.0. The van der Waals surface area contributed by atoms with Crippen molar-refractivity contribution in [1.82, 2.24) is 53.4 Å². The van der Waals surface area contributed by atoms with Gasteiger partial charge in [-0.15, -0.1) is 0 Å². The van der Waals surface area contributed by atoms with Gasteiger partial charge in [0.2, 0.25) is 53.2 Å². The van der Waals surface area contributed by atoms with Crippen molar-refractivity contribution in [2.45, 2.75) is 121 Å². The van der Waals surface area contributed by atoms with E-state index in [0.29, 0.717) is 44.0 Å². The molecule has 15 N–H and O–H groups in total. The van der Waals surface area contributed by atoms with Crippen LogP contribution >= 0.6 is 0 Å². The van der Waals surface area contributed by atoms with E-state index in [-0.39, 0.29) is 71.9 Å². The molecular weight excluding hydrogens is 1020 g/mol. The summed E-state index contributed by atoms with van der Waals surface area (Å²) < 4.78 is 20.2. The lowest BCUT2D eigenvalue weighted by Gasteiger charge is -2.24. The number of unbranched alkanes of at least 4 members (excludes halogenated alkanes) is 1. The molecule has 0 saturated heterocycles. The van der Waals surface area contributed by atoms with Gasteiger partial charge < -0.3 is 97.9 Å². The Kier molecular flexibility index (Phi) is 38.4. The highest BCUT2D eigenvalue weighted by atomic mass is 16.5. The number of hydrazone groups is 2. The molecule has 0 aromatic carbocycles. The summed E-state index contributed by atoms with van der Waals surface area (Å²) in [5, 5.41) is 60.0. The number of hydrogen-bond donors (Lipinski definition) is 13. The van der Waals surface area contributed by atoms with Crippen LogP contribution in [0.25, 0.3) is 0 Å². The maximum atomic E-state index is 13.4. The number of rotatable bonds is 44. The van der Waals surface area contributed by atoms with Gasteiger partial charge in [0.25, 0.3) is 0 Å². The molecule has 0 aromatic rings. The zero-order valence-electron chi connectivity index (χ0n) is 44.2. The standard InChI is InChI=1S/C45H80N14O18/c1-27(9-12-48-35(61)22-31(52-29(3)60)44(72)54-33(24-39(65)66)42(70)50-14-16-76-20-18-74-4)56-58-37(63)26-38(64)59-57-28(2)10-13-49-36(62)23-32(53-41(69)30(47)8-6-7-11-46)45(73)55-34(25-40(67)68)43(71)51-15-17-77-21-19-75-5/h30-34,37,58,63H,6-26,46-47H2,1-5H3,(H,48,61)(H,49,62)(H,50,70)(H,51,71)(H,52,60)(H,53,69)(H,54,72)(H,55,73)(H,59,64)(H,65,66)(H,67,68)/p-2/b56-27+,57-28+. The highest BCUT2D eigenvalue weighted by Gasteiger charge is 2.31. The van der Waals surface area contributed by atoms with Crippen molar-refractivity contribution in [2.24, 2.45) is 21.7 Å². The predicted octanol–water partition coefficient (Wildman–Crippen LogP) is -8.80. The Morgan fingerprint density at radius 1 is 0.519 bits per heavy atom. The summed E-state index contributed by atoms with van der Waals surface area (Å²) in [6.07, 6.45) is -3.67. The summed E-state index contributed by atoms with van der Waals surface area (Å²) in [6.45, 7) is 5.52. The largest absolute Gasteiger partial charge is 0.550 e. The van der Waals surface area contributed by atoms with Gasteiger partial charge in [0.05, 0.1) is 64.9 Å². The normalized spacial score (nSPS) is 13.7. The lowest BCUT2D eigenvalue weighted by molar-refractivity contribution is -0.307. The van der Waals surface area contributed by atoms with E-state index in [4.69, 9.17) is 30.4 Å². The highest BCUT2D eigenvalue weighted by Crippen LogP contribution is 2.04. The lowest BCUT2D eigenvalue weighted by Crippen LogP contribution is -2.57. The first-order valence-corrected chi connectivity index (χ1v) is 24.6. The fraction of sp³-hybridized carbons (Fsp3) is 0.711. The molecule has 9 amide bonds. The van der Waals surface area contributed by atoms with Gasteiger partial charge in [-0.05, 0) is 33.2 Å². The molecule has 6 unspecified atom stereocenters. The summed E-state index contributed by atoms with van der Waals surface area (Å²) in [6, 6.07) is -7.45. The molecule has 0 aliphatic carbocycles. The number of aliphatic carboxylic acids is 2. The second kappa shape index (κ2) is 42.2. The minimum Gasteiger partial charge on any atom is -0.550 e. The van der Waals surface area contributed by atoms with E-state index in [1.807, 2.05) is 0 Å². The Morgan fingerprint density at radius 3 is 1.40 bits per heavy atom. The SMILES string of the molecule is COCCOCCNC(=O)C(CC(=O)[O-])NC(=O)C(CC(=O)NCC/C(C)=N/NC(O)CC(=O)N/N=C(\C)CCNC(=O)CC(NC(=O)C(N)CCCCN)C(=O)NC(CC(=O)[O-])C(=O)NCCOCCOC)NC(C)=O. The number of methoxy groups -OCH3 is 2. The molecule has 0 bridgehead atoms. The topological polar surface area (TPSA) is 488 Å². The number of aliphatic hydroxyl groups excluding tert-OH is 1. The van der Waals surface area contributed by atoms with Crippen molar-refractivity contribution in [2.75, 3.05) is 86.6 Å². The summed E-state index contributed by atoms with van der Waals surface area (Å²) in [5.74, 6) is -10.9. The maximum absolute atomic E-state index is 13.4. The molecule has 0 radical (unpaired) electrons. The van der Waals surface area contributed by atoms with E-state index in [1.165, 1.54) is 28.1 Å². The van der Waals surface area contributed by atoms with Gasteiger partial charge >= 0.3 is 0 Å². The van der Waals surface area contributed by atoms with Crippen LogP contribution in [0.15, 0.2) is 10.2 Å². The van der Waals surface area contributed by atoms with Crippen LogP contribution in [0, 0.1) is 0 Å². The highest BCUT2D eigenvalue weighted by molar-refractivity contribution is 5.97. The van der Waals surface area contributed by atoms with Gasteiger partial charge in [-0.1, -0.05) is 6.42 Å². The zero-order valence-corrected chi connectivity index (χ0v) is 44.2. The van der Waals surface area contributed by atoms with Crippen LogP contribution < -0.4 is 75.1 Å². The Hall–Kier alpha value is -6.97. The number of nitrogens with zero attached hydrogens (tertiary/aromatic N) is 2. The van der Waals surface area contributed by atoms with Crippen molar-refractivity contribution in [1.29, 1.82) is 0 Å². The van der Waals surface area contributed by atoms with E-state index in [2.05, 4.69) is 63.6 Å². The smallest absolute Gasteiger partial charge is 0.244 e. The number of ether oxygens (including phenoxy) is 4. The fourth-order valence-corrected chi connectivity index (χ4v) is 6.11. The third kappa shape index (κ3) is 36.6. The second-order valence-corrected chi connectivity index (χ2v) is 17.0. The number of carboxylic acid groups (broad SMARTS) is 2. The molecule has 32 heteroatoms. The van der Waals surface area contributed by atoms with Crippen LogP contribution in [0.4, 0.5) is 0 Å². The molecule has 0 rings (SSSR count). The minimum atomic E-state index is -1.67. The van der Waals surface area contributed by atoms with Gasteiger partial charge in [0.15, 0.2) is 0 Å². The van der Waals surface area contributed by atoms with Crippen molar-refractivity contribution in [3.8, 4) is 0 Å². The number of nitrogens with one attached hydrogen (secondary N) is 10. The van der Waals surface area contributed by atoms with Crippen LogP contribution in [-0.4, -0.2) is 205 Å². The molecule has 32 nitrogen and oxygen atoms in total. The van der Waals surface area contributed by atoms with E-state index in [0.717, 1.165) is 6.92 Å². The molecular formula is C45H78N14O18-2. The summed E-state index contributed by atoms with van der Waals surface area (Å²) in [7, 11) is 2.95. The van der Waals surface area contributed by atoms with Crippen LogP contribution in [0.1, 0.15) is 85.0 Å². The molecule has 0 aliphatic heterocycles. The van der Waals surface area contributed by atoms with Crippen LogP contribution in [0.5, 0.6) is 0 Å². The van der Waals surface area contributed by atoms with Crippen LogP contribution in [-0.2, 0) is 71.7 Å². The number of amides is 9. The molecule has 0 fully saturated rings. The van der Waals surface area contributed by atoms with Crippen molar-refractivity contribution in [3.63, 3.8) is 0 Å². The van der Waals surface area contributed by atoms with E-state index >= 15 is 0 Å². The predicted molar refractivity (Wildman–Crippen MR) is 268 cm³/mol. The first-order valence-electron chi connectivity index (χ1n) is 24.6.